The standard InChI is InChI=1S/C17H12F3N3O4/c1-2-25-16(24)10-7-21-23-14(17(18,19)20)6-11(22-15(10)23)9-3-4-12-13(5-9)27-8-26-12/h3-7H,2,8H2,1H3. The fourth-order valence-corrected chi connectivity index (χ4v) is 2.72. The lowest BCUT2D eigenvalue weighted by Gasteiger charge is -2.12. The second-order valence-electron chi connectivity index (χ2n) is 5.61. The van der Waals surface area contributed by atoms with Gasteiger partial charge in [0.25, 0.3) is 0 Å². The minimum atomic E-state index is -4.70. The number of benzene rings is 1. The van der Waals surface area contributed by atoms with Crippen molar-refractivity contribution in [2.75, 3.05) is 13.4 Å². The fourth-order valence-electron chi connectivity index (χ4n) is 2.72. The minimum Gasteiger partial charge on any atom is -0.462 e. The molecule has 1 aliphatic rings. The molecule has 1 aromatic carbocycles. The first-order chi connectivity index (χ1) is 12.9. The maximum absolute atomic E-state index is 13.5. The van der Waals surface area contributed by atoms with E-state index in [4.69, 9.17) is 14.2 Å². The van der Waals surface area contributed by atoms with Crippen LogP contribution in [0.1, 0.15) is 23.0 Å². The number of rotatable bonds is 3. The highest BCUT2D eigenvalue weighted by Gasteiger charge is 2.36. The number of ether oxygens (including phenoxy) is 3. The summed E-state index contributed by atoms with van der Waals surface area (Å²) in [6, 6.07) is 5.54. The van der Waals surface area contributed by atoms with E-state index in [-0.39, 0.29) is 30.3 Å². The zero-order chi connectivity index (χ0) is 19.2. The van der Waals surface area contributed by atoms with Gasteiger partial charge >= 0.3 is 12.1 Å². The second kappa shape index (κ2) is 6.15. The van der Waals surface area contributed by atoms with Crippen molar-refractivity contribution in [2.24, 2.45) is 0 Å². The Hall–Kier alpha value is -3.30. The number of carbonyl (C=O) groups is 1. The summed E-state index contributed by atoms with van der Waals surface area (Å²) in [5.74, 6) is 0.102. The van der Waals surface area contributed by atoms with Crippen LogP contribution in [-0.2, 0) is 10.9 Å². The van der Waals surface area contributed by atoms with Gasteiger partial charge in [-0.05, 0) is 31.2 Å². The monoisotopic (exact) mass is 379 g/mol. The van der Waals surface area contributed by atoms with E-state index in [1.807, 2.05) is 0 Å². The highest BCUT2D eigenvalue weighted by atomic mass is 19.4. The molecule has 3 heterocycles. The Morgan fingerprint density at radius 1 is 1.26 bits per heavy atom. The lowest BCUT2D eigenvalue weighted by Crippen LogP contribution is -2.14. The first kappa shape index (κ1) is 17.1. The fraction of sp³-hybridized carbons (Fsp3) is 0.235. The van der Waals surface area contributed by atoms with Crippen LogP contribution in [0, 0.1) is 0 Å². The first-order valence-corrected chi connectivity index (χ1v) is 7.91. The molecular weight excluding hydrogens is 367 g/mol. The molecule has 1 aliphatic heterocycles. The van der Waals surface area contributed by atoms with Gasteiger partial charge in [-0.3, -0.25) is 0 Å². The molecule has 0 radical (unpaired) electrons. The quantitative estimate of drug-likeness (QED) is 0.650. The third-order valence-electron chi connectivity index (χ3n) is 3.93. The Morgan fingerprint density at radius 3 is 2.78 bits per heavy atom. The number of carbonyl (C=O) groups excluding carboxylic acids is 1. The molecule has 0 unspecified atom stereocenters. The predicted molar refractivity (Wildman–Crippen MR) is 85.5 cm³/mol. The summed E-state index contributed by atoms with van der Waals surface area (Å²) < 4.78 is 56.6. The SMILES string of the molecule is CCOC(=O)c1cnn2c(C(F)(F)F)cc(-c3ccc4c(c3)OCO4)nc12. The average Bonchev–Trinajstić information content (AvgIpc) is 3.26. The van der Waals surface area contributed by atoms with Gasteiger partial charge in [0.1, 0.15) is 5.56 Å². The summed E-state index contributed by atoms with van der Waals surface area (Å²) >= 11 is 0. The molecule has 0 fully saturated rings. The van der Waals surface area contributed by atoms with Gasteiger partial charge in [-0.2, -0.15) is 18.3 Å². The molecule has 4 rings (SSSR count). The molecule has 0 atom stereocenters. The number of nitrogens with zero attached hydrogens (tertiary/aromatic N) is 3. The third-order valence-corrected chi connectivity index (χ3v) is 3.93. The van der Waals surface area contributed by atoms with E-state index in [1.165, 1.54) is 6.07 Å². The molecule has 10 heteroatoms. The number of hydrogen-bond acceptors (Lipinski definition) is 6. The van der Waals surface area contributed by atoms with Crippen molar-refractivity contribution < 1.29 is 32.2 Å². The van der Waals surface area contributed by atoms with Gasteiger partial charge < -0.3 is 14.2 Å². The molecule has 0 saturated carbocycles. The Morgan fingerprint density at radius 2 is 2.04 bits per heavy atom. The van der Waals surface area contributed by atoms with Gasteiger partial charge in [0.2, 0.25) is 6.79 Å². The van der Waals surface area contributed by atoms with Crippen molar-refractivity contribution in [3.05, 3.63) is 41.7 Å². The van der Waals surface area contributed by atoms with Crippen LogP contribution in [0.25, 0.3) is 16.9 Å². The van der Waals surface area contributed by atoms with Crippen LogP contribution in [0.15, 0.2) is 30.5 Å². The molecule has 0 aliphatic carbocycles. The Balaban J connectivity index is 1.93. The number of aromatic nitrogens is 3. The Bertz CT molecular complexity index is 1050. The first-order valence-electron chi connectivity index (χ1n) is 7.91. The highest BCUT2D eigenvalue weighted by Crippen LogP contribution is 2.37. The number of hydrogen-bond donors (Lipinski definition) is 0. The second-order valence-corrected chi connectivity index (χ2v) is 5.61. The maximum Gasteiger partial charge on any atom is 0.433 e. The summed E-state index contributed by atoms with van der Waals surface area (Å²) in [6.07, 6.45) is -3.69. The predicted octanol–water partition coefficient (Wildman–Crippen LogP) is 3.32. The number of halogens is 3. The Kier molecular flexibility index (Phi) is 3.90. The normalized spacial score (nSPS) is 13.2. The van der Waals surface area contributed by atoms with E-state index in [2.05, 4.69) is 10.1 Å². The summed E-state index contributed by atoms with van der Waals surface area (Å²) in [4.78, 5) is 16.3. The van der Waals surface area contributed by atoms with Crippen molar-refractivity contribution >= 4 is 11.6 Å². The van der Waals surface area contributed by atoms with Gasteiger partial charge in [-0.15, -0.1) is 0 Å². The van der Waals surface area contributed by atoms with E-state index in [0.29, 0.717) is 21.6 Å². The molecule has 0 bridgehead atoms. The number of fused-ring (bicyclic) bond motifs is 2. The van der Waals surface area contributed by atoms with Gasteiger partial charge in [0, 0.05) is 5.56 Å². The Labute approximate surface area is 150 Å². The van der Waals surface area contributed by atoms with Crippen molar-refractivity contribution in [2.45, 2.75) is 13.1 Å². The van der Waals surface area contributed by atoms with Crippen molar-refractivity contribution in [3.8, 4) is 22.8 Å². The van der Waals surface area contributed by atoms with Crippen LogP contribution in [0.2, 0.25) is 0 Å². The molecule has 0 spiro atoms. The van der Waals surface area contributed by atoms with E-state index >= 15 is 0 Å². The number of alkyl halides is 3. The van der Waals surface area contributed by atoms with E-state index < -0.39 is 17.8 Å². The minimum absolute atomic E-state index is 0.0131. The van der Waals surface area contributed by atoms with Crippen molar-refractivity contribution in [1.29, 1.82) is 0 Å². The molecule has 2 aromatic heterocycles. The molecule has 7 nitrogen and oxygen atoms in total. The molecule has 27 heavy (non-hydrogen) atoms. The van der Waals surface area contributed by atoms with E-state index in [0.717, 1.165) is 12.3 Å². The molecule has 0 saturated heterocycles. The zero-order valence-corrected chi connectivity index (χ0v) is 13.9. The number of esters is 1. The van der Waals surface area contributed by atoms with Gasteiger partial charge in [-0.25, -0.2) is 14.3 Å². The van der Waals surface area contributed by atoms with Crippen LogP contribution in [0.3, 0.4) is 0 Å². The van der Waals surface area contributed by atoms with Crippen molar-refractivity contribution in [1.82, 2.24) is 14.6 Å². The van der Waals surface area contributed by atoms with Gasteiger partial charge in [0.15, 0.2) is 22.8 Å². The van der Waals surface area contributed by atoms with Crippen LogP contribution >= 0.6 is 0 Å². The van der Waals surface area contributed by atoms with Crippen LogP contribution in [0.4, 0.5) is 13.2 Å². The van der Waals surface area contributed by atoms with Gasteiger partial charge in [0.05, 0.1) is 18.5 Å². The van der Waals surface area contributed by atoms with Crippen LogP contribution in [0.5, 0.6) is 11.5 Å². The summed E-state index contributed by atoms with van der Waals surface area (Å²) in [5, 5.41) is 3.67. The smallest absolute Gasteiger partial charge is 0.433 e. The summed E-state index contributed by atoms with van der Waals surface area (Å²) in [5.41, 5.74) is -1.06. The van der Waals surface area contributed by atoms with E-state index in [1.54, 1.807) is 19.1 Å². The van der Waals surface area contributed by atoms with Crippen LogP contribution in [-0.4, -0.2) is 34.0 Å². The van der Waals surface area contributed by atoms with Gasteiger partial charge in [-0.1, -0.05) is 0 Å². The lowest BCUT2D eigenvalue weighted by atomic mass is 10.1. The average molecular weight is 379 g/mol. The molecule has 0 N–H and O–H groups in total. The molecule has 0 amide bonds. The van der Waals surface area contributed by atoms with E-state index in [9.17, 15) is 18.0 Å². The molecule has 3 aromatic rings. The highest BCUT2D eigenvalue weighted by molar-refractivity contribution is 5.96. The lowest BCUT2D eigenvalue weighted by molar-refractivity contribution is -0.142. The molecular formula is C17H12F3N3O4. The molecule has 140 valence electrons. The largest absolute Gasteiger partial charge is 0.462 e. The maximum atomic E-state index is 13.5. The summed E-state index contributed by atoms with van der Waals surface area (Å²) in [7, 11) is 0. The third kappa shape index (κ3) is 2.92. The summed E-state index contributed by atoms with van der Waals surface area (Å²) in [6.45, 7) is 1.70. The van der Waals surface area contributed by atoms with Crippen LogP contribution < -0.4 is 9.47 Å². The zero-order valence-electron chi connectivity index (χ0n) is 13.9. The topological polar surface area (TPSA) is 75.0 Å². The van der Waals surface area contributed by atoms with Crippen molar-refractivity contribution in [3.63, 3.8) is 0 Å².